The minimum Gasteiger partial charge on any atom is -0.330 e. The van der Waals surface area contributed by atoms with Gasteiger partial charge in [-0.05, 0) is 19.4 Å². The zero-order chi connectivity index (χ0) is 12.1. The maximum absolute atomic E-state index is 11.9. The van der Waals surface area contributed by atoms with Crippen LogP contribution in [-0.2, 0) is 11.2 Å². The monoisotopic (exact) mass is 254 g/mol. The lowest BCUT2D eigenvalue weighted by molar-refractivity contribution is -0.120. The Hall–Kier alpha value is -1.01. The van der Waals surface area contributed by atoms with Crippen LogP contribution in [0.15, 0.2) is 0 Å². The van der Waals surface area contributed by atoms with Crippen molar-refractivity contribution in [3.05, 3.63) is 5.01 Å². The number of rotatable bonds is 4. The van der Waals surface area contributed by atoms with Crippen molar-refractivity contribution in [2.75, 3.05) is 11.9 Å². The van der Waals surface area contributed by atoms with E-state index < -0.39 is 0 Å². The minimum absolute atomic E-state index is 0.0974. The molecule has 0 bridgehead atoms. The van der Waals surface area contributed by atoms with E-state index in [9.17, 15) is 4.79 Å². The topological polar surface area (TPSA) is 80.9 Å². The van der Waals surface area contributed by atoms with Crippen molar-refractivity contribution in [1.29, 1.82) is 0 Å². The second kappa shape index (κ2) is 6.07. The van der Waals surface area contributed by atoms with E-state index >= 15 is 0 Å². The van der Waals surface area contributed by atoms with Crippen molar-refractivity contribution in [1.82, 2.24) is 10.2 Å². The third-order valence-corrected chi connectivity index (χ3v) is 3.93. The zero-order valence-corrected chi connectivity index (χ0v) is 10.6. The number of aromatic nitrogens is 2. The molecule has 1 fully saturated rings. The minimum atomic E-state index is 0.0974. The molecule has 5 nitrogen and oxygen atoms in total. The van der Waals surface area contributed by atoms with Crippen LogP contribution >= 0.6 is 11.3 Å². The van der Waals surface area contributed by atoms with E-state index in [1.807, 2.05) is 0 Å². The molecule has 17 heavy (non-hydrogen) atoms. The van der Waals surface area contributed by atoms with Crippen LogP contribution in [0.1, 0.15) is 37.1 Å². The Bertz CT molecular complexity index is 373. The molecule has 1 aromatic heterocycles. The first-order chi connectivity index (χ1) is 8.29. The molecule has 1 aliphatic rings. The Kier molecular flexibility index (Phi) is 4.44. The first-order valence-corrected chi connectivity index (χ1v) is 6.94. The Morgan fingerprint density at radius 1 is 1.35 bits per heavy atom. The summed E-state index contributed by atoms with van der Waals surface area (Å²) in [6.07, 6.45) is 6.29. The lowest BCUT2D eigenvalue weighted by Crippen LogP contribution is -2.24. The normalized spacial score (nSPS) is 17.0. The van der Waals surface area contributed by atoms with Crippen molar-refractivity contribution in [2.24, 2.45) is 11.7 Å². The van der Waals surface area contributed by atoms with Crippen LogP contribution in [0.4, 0.5) is 5.13 Å². The predicted octanol–water partition coefficient (Wildman–Crippen LogP) is 1.56. The van der Waals surface area contributed by atoms with Crippen molar-refractivity contribution in [3.8, 4) is 0 Å². The fraction of sp³-hybridized carbons (Fsp3) is 0.727. The quantitative estimate of drug-likeness (QED) is 0.854. The third-order valence-electron chi connectivity index (χ3n) is 3.03. The maximum atomic E-state index is 11.9. The van der Waals surface area contributed by atoms with Gasteiger partial charge in [-0.2, -0.15) is 0 Å². The highest BCUT2D eigenvalue weighted by Crippen LogP contribution is 2.25. The predicted molar refractivity (Wildman–Crippen MR) is 67.9 cm³/mol. The Morgan fingerprint density at radius 3 is 2.82 bits per heavy atom. The summed E-state index contributed by atoms with van der Waals surface area (Å²) in [5, 5.41) is 12.3. The first kappa shape index (κ1) is 12.4. The molecule has 1 saturated carbocycles. The molecular weight excluding hydrogens is 236 g/mol. The van der Waals surface area contributed by atoms with Gasteiger partial charge in [0.25, 0.3) is 0 Å². The summed E-state index contributed by atoms with van der Waals surface area (Å²) in [7, 11) is 0. The van der Waals surface area contributed by atoms with Gasteiger partial charge in [0.15, 0.2) is 0 Å². The number of hydrogen-bond acceptors (Lipinski definition) is 5. The van der Waals surface area contributed by atoms with Gasteiger partial charge >= 0.3 is 0 Å². The van der Waals surface area contributed by atoms with E-state index in [1.165, 1.54) is 17.8 Å². The second-order valence-electron chi connectivity index (χ2n) is 4.36. The molecule has 2 rings (SSSR count). The molecule has 0 aliphatic heterocycles. The van der Waals surface area contributed by atoms with Crippen LogP contribution in [0.25, 0.3) is 0 Å². The summed E-state index contributed by atoms with van der Waals surface area (Å²) in [6, 6.07) is 0. The van der Waals surface area contributed by atoms with Gasteiger partial charge < -0.3 is 11.1 Å². The van der Waals surface area contributed by atoms with Gasteiger partial charge in [-0.25, -0.2) is 0 Å². The second-order valence-corrected chi connectivity index (χ2v) is 5.43. The highest BCUT2D eigenvalue weighted by molar-refractivity contribution is 7.15. The Morgan fingerprint density at radius 2 is 2.12 bits per heavy atom. The van der Waals surface area contributed by atoms with E-state index in [0.29, 0.717) is 11.7 Å². The van der Waals surface area contributed by atoms with Gasteiger partial charge in [0.2, 0.25) is 11.0 Å². The summed E-state index contributed by atoms with van der Waals surface area (Å²) >= 11 is 1.42. The smallest absolute Gasteiger partial charge is 0.229 e. The molecule has 94 valence electrons. The van der Waals surface area contributed by atoms with Crippen molar-refractivity contribution in [2.45, 2.75) is 38.5 Å². The van der Waals surface area contributed by atoms with Crippen molar-refractivity contribution < 1.29 is 4.79 Å². The van der Waals surface area contributed by atoms with Gasteiger partial charge in [0, 0.05) is 12.3 Å². The number of anilines is 1. The number of carbonyl (C=O) groups excluding carboxylic acids is 1. The fourth-order valence-corrected chi connectivity index (χ4v) is 2.86. The van der Waals surface area contributed by atoms with E-state index in [-0.39, 0.29) is 11.8 Å². The van der Waals surface area contributed by atoms with E-state index in [2.05, 4.69) is 15.5 Å². The standard InChI is InChI=1S/C11H18N4OS/c12-7-6-9-14-15-11(17-9)13-10(16)8-4-2-1-3-5-8/h8H,1-7,12H2,(H,13,15,16). The molecule has 1 aromatic rings. The average Bonchev–Trinajstić information content (AvgIpc) is 2.78. The van der Waals surface area contributed by atoms with Crippen LogP contribution < -0.4 is 11.1 Å². The lowest BCUT2D eigenvalue weighted by Gasteiger charge is -2.19. The largest absolute Gasteiger partial charge is 0.330 e. The van der Waals surface area contributed by atoms with Crippen molar-refractivity contribution >= 4 is 22.4 Å². The summed E-state index contributed by atoms with van der Waals surface area (Å²) in [4.78, 5) is 11.9. The number of hydrogen-bond donors (Lipinski definition) is 2. The molecule has 1 heterocycles. The zero-order valence-electron chi connectivity index (χ0n) is 9.82. The van der Waals surface area contributed by atoms with Gasteiger partial charge in [0.1, 0.15) is 5.01 Å². The molecule has 0 saturated heterocycles. The van der Waals surface area contributed by atoms with Crippen LogP contribution in [0, 0.1) is 5.92 Å². The van der Waals surface area contributed by atoms with Gasteiger partial charge in [-0.1, -0.05) is 30.6 Å². The number of nitrogens with zero attached hydrogens (tertiary/aromatic N) is 2. The van der Waals surface area contributed by atoms with Crippen LogP contribution in [0.5, 0.6) is 0 Å². The van der Waals surface area contributed by atoms with Crippen LogP contribution in [0.2, 0.25) is 0 Å². The molecule has 0 aromatic carbocycles. The highest BCUT2D eigenvalue weighted by Gasteiger charge is 2.21. The maximum Gasteiger partial charge on any atom is 0.229 e. The average molecular weight is 254 g/mol. The highest BCUT2D eigenvalue weighted by atomic mass is 32.1. The number of amides is 1. The summed E-state index contributed by atoms with van der Waals surface area (Å²) in [6.45, 7) is 0.561. The molecular formula is C11H18N4OS. The molecule has 1 amide bonds. The summed E-state index contributed by atoms with van der Waals surface area (Å²) < 4.78 is 0. The Balaban J connectivity index is 1.88. The number of carbonyl (C=O) groups is 1. The van der Waals surface area contributed by atoms with Crippen LogP contribution in [-0.4, -0.2) is 22.6 Å². The molecule has 1 aliphatic carbocycles. The third kappa shape index (κ3) is 3.47. The van der Waals surface area contributed by atoms with Gasteiger partial charge in [0.05, 0.1) is 0 Å². The lowest BCUT2D eigenvalue weighted by atomic mass is 9.89. The SMILES string of the molecule is NCCc1nnc(NC(=O)C2CCCCC2)s1. The van der Waals surface area contributed by atoms with Gasteiger partial charge in [-0.15, -0.1) is 10.2 Å². The Labute approximate surface area is 105 Å². The van der Waals surface area contributed by atoms with E-state index in [0.717, 1.165) is 37.1 Å². The molecule has 6 heteroatoms. The molecule has 0 unspecified atom stereocenters. The van der Waals surface area contributed by atoms with Gasteiger partial charge in [-0.3, -0.25) is 4.79 Å². The molecule has 3 N–H and O–H groups in total. The van der Waals surface area contributed by atoms with Crippen molar-refractivity contribution in [3.63, 3.8) is 0 Å². The summed E-state index contributed by atoms with van der Waals surface area (Å²) in [5.41, 5.74) is 5.44. The number of nitrogens with one attached hydrogen (secondary N) is 1. The fourth-order valence-electron chi connectivity index (χ4n) is 2.10. The summed E-state index contributed by atoms with van der Waals surface area (Å²) in [5.74, 6) is 0.255. The first-order valence-electron chi connectivity index (χ1n) is 6.13. The molecule has 0 spiro atoms. The number of nitrogens with two attached hydrogens (primary N) is 1. The van der Waals surface area contributed by atoms with Crippen LogP contribution in [0.3, 0.4) is 0 Å². The molecule has 0 radical (unpaired) electrons. The molecule has 0 atom stereocenters. The van der Waals surface area contributed by atoms with E-state index in [1.54, 1.807) is 0 Å². The van der Waals surface area contributed by atoms with E-state index in [4.69, 9.17) is 5.73 Å².